The summed E-state index contributed by atoms with van der Waals surface area (Å²) in [6.07, 6.45) is 2.14. The summed E-state index contributed by atoms with van der Waals surface area (Å²) in [5.74, 6) is -0.232. The average Bonchev–Trinajstić information content (AvgIpc) is 2.71. The van der Waals surface area contributed by atoms with Gasteiger partial charge in [0.15, 0.2) is 0 Å². The van der Waals surface area contributed by atoms with Crippen LogP contribution in [-0.4, -0.2) is 12.7 Å². The van der Waals surface area contributed by atoms with Crippen molar-refractivity contribution in [3.8, 4) is 0 Å². The number of rotatable bonds is 2. The van der Waals surface area contributed by atoms with Gasteiger partial charge in [0, 0.05) is 6.61 Å². The first-order valence-electron chi connectivity index (χ1n) is 4.78. The van der Waals surface area contributed by atoms with E-state index in [-0.39, 0.29) is 17.3 Å². The molecular formula is C11H12ClFO. The Balaban J connectivity index is 2.09. The Morgan fingerprint density at radius 2 is 2.07 bits per heavy atom. The summed E-state index contributed by atoms with van der Waals surface area (Å²) in [6.45, 7) is 0.787. The standard InChI is InChI=1S/C11H12ClFO/c12-11(10-2-1-7-14-10)8-3-5-9(13)6-4-8/h3-6,10-11H,1-2,7H2. The van der Waals surface area contributed by atoms with Gasteiger partial charge in [0.1, 0.15) is 5.82 Å². The van der Waals surface area contributed by atoms with Crippen molar-refractivity contribution in [2.45, 2.75) is 24.3 Å². The molecule has 1 aromatic rings. The van der Waals surface area contributed by atoms with Crippen LogP contribution in [0.4, 0.5) is 4.39 Å². The zero-order valence-corrected chi connectivity index (χ0v) is 8.51. The van der Waals surface area contributed by atoms with Crippen molar-refractivity contribution in [2.75, 3.05) is 6.61 Å². The van der Waals surface area contributed by atoms with Gasteiger partial charge in [-0.15, -0.1) is 11.6 Å². The van der Waals surface area contributed by atoms with Crippen LogP contribution in [0.5, 0.6) is 0 Å². The van der Waals surface area contributed by atoms with E-state index in [2.05, 4.69) is 0 Å². The van der Waals surface area contributed by atoms with Gasteiger partial charge >= 0.3 is 0 Å². The summed E-state index contributed by atoms with van der Waals surface area (Å²) in [6, 6.07) is 6.29. The average molecular weight is 215 g/mol. The number of ether oxygens (including phenoxy) is 1. The zero-order valence-electron chi connectivity index (χ0n) is 7.75. The molecule has 14 heavy (non-hydrogen) atoms. The molecule has 0 aromatic heterocycles. The molecule has 0 amide bonds. The van der Waals surface area contributed by atoms with Crippen LogP contribution in [0, 0.1) is 5.82 Å². The van der Waals surface area contributed by atoms with Crippen molar-refractivity contribution in [3.63, 3.8) is 0 Å². The highest BCUT2D eigenvalue weighted by molar-refractivity contribution is 6.21. The first kappa shape index (κ1) is 9.94. The third-order valence-corrected chi connectivity index (χ3v) is 3.01. The fraction of sp³-hybridized carbons (Fsp3) is 0.455. The van der Waals surface area contributed by atoms with Crippen LogP contribution in [0.2, 0.25) is 0 Å². The third kappa shape index (κ3) is 2.07. The van der Waals surface area contributed by atoms with E-state index in [4.69, 9.17) is 16.3 Å². The monoisotopic (exact) mass is 214 g/mol. The fourth-order valence-electron chi connectivity index (χ4n) is 1.69. The van der Waals surface area contributed by atoms with E-state index in [1.54, 1.807) is 12.1 Å². The maximum Gasteiger partial charge on any atom is 0.123 e. The first-order valence-corrected chi connectivity index (χ1v) is 5.22. The molecule has 0 aliphatic carbocycles. The highest BCUT2D eigenvalue weighted by atomic mass is 35.5. The minimum Gasteiger partial charge on any atom is -0.376 e. The summed E-state index contributed by atoms with van der Waals surface area (Å²) in [5.41, 5.74) is 0.931. The quantitative estimate of drug-likeness (QED) is 0.687. The predicted molar refractivity (Wildman–Crippen MR) is 54.0 cm³/mol. The molecule has 2 unspecified atom stereocenters. The molecule has 2 atom stereocenters. The Kier molecular flexibility index (Phi) is 3.04. The molecule has 76 valence electrons. The zero-order chi connectivity index (χ0) is 9.97. The van der Waals surface area contributed by atoms with Crippen molar-refractivity contribution in [2.24, 2.45) is 0 Å². The Labute approximate surface area is 87.8 Å². The van der Waals surface area contributed by atoms with Gasteiger partial charge in [-0.2, -0.15) is 0 Å². The molecule has 1 saturated heterocycles. The second-order valence-electron chi connectivity index (χ2n) is 3.50. The fourth-order valence-corrected chi connectivity index (χ4v) is 2.04. The van der Waals surface area contributed by atoms with E-state index in [9.17, 15) is 4.39 Å². The highest BCUT2D eigenvalue weighted by Gasteiger charge is 2.25. The molecule has 0 radical (unpaired) electrons. The highest BCUT2D eigenvalue weighted by Crippen LogP contribution is 2.32. The maximum atomic E-state index is 12.7. The molecule has 1 aliphatic rings. The molecule has 1 fully saturated rings. The van der Waals surface area contributed by atoms with Crippen LogP contribution in [0.1, 0.15) is 23.8 Å². The SMILES string of the molecule is Fc1ccc(C(Cl)C2CCCO2)cc1. The lowest BCUT2D eigenvalue weighted by Crippen LogP contribution is -2.12. The molecule has 1 heterocycles. The molecular weight excluding hydrogens is 203 g/mol. The second kappa shape index (κ2) is 4.28. The number of hydrogen-bond donors (Lipinski definition) is 0. The van der Waals surface area contributed by atoms with Gasteiger partial charge in [-0.1, -0.05) is 12.1 Å². The predicted octanol–water partition coefficient (Wildman–Crippen LogP) is 3.28. The van der Waals surface area contributed by atoms with E-state index < -0.39 is 0 Å². The van der Waals surface area contributed by atoms with Gasteiger partial charge in [0.2, 0.25) is 0 Å². The number of halogens is 2. The Morgan fingerprint density at radius 1 is 1.36 bits per heavy atom. The molecule has 0 saturated carbocycles. The van der Waals surface area contributed by atoms with E-state index in [0.717, 1.165) is 25.0 Å². The normalized spacial score (nSPS) is 23.7. The summed E-state index contributed by atoms with van der Waals surface area (Å²) in [4.78, 5) is 0. The van der Waals surface area contributed by atoms with Gasteiger partial charge in [-0.3, -0.25) is 0 Å². The first-order chi connectivity index (χ1) is 6.77. The van der Waals surface area contributed by atoms with Crippen molar-refractivity contribution in [1.29, 1.82) is 0 Å². The lowest BCUT2D eigenvalue weighted by molar-refractivity contribution is 0.107. The van der Waals surface area contributed by atoms with Gasteiger partial charge in [0.05, 0.1) is 11.5 Å². The van der Waals surface area contributed by atoms with E-state index in [1.807, 2.05) is 0 Å². The molecule has 1 aromatic carbocycles. The van der Waals surface area contributed by atoms with Crippen molar-refractivity contribution in [3.05, 3.63) is 35.6 Å². The van der Waals surface area contributed by atoms with Crippen LogP contribution < -0.4 is 0 Å². The summed E-state index contributed by atoms with van der Waals surface area (Å²) < 4.78 is 18.1. The summed E-state index contributed by atoms with van der Waals surface area (Å²) in [5, 5.41) is -0.155. The van der Waals surface area contributed by atoms with Crippen LogP contribution >= 0.6 is 11.6 Å². The molecule has 1 aliphatic heterocycles. The number of hydrogen-bond acceptors (Lipinski definition) is 1. The Morgan fingerprint density at radius 3 is 2.64 bits per heavy atom. The van der Waals surface area contributed by atoms with Crippen molar-refractivity contribution >= 4 is 11.6 Å². The molecule has 2 rings (SSSR count). The van der Waals surface area contributed by atoms with Crippen LogP contribution in [0.25, 0.3) is 0 Å². The molecule has 0 N–H and O–H groups in total. The second-order valence-corrected chi connectivity index (χ2v) is 3.97. The maximum absolute atomic E-state index is 12.7. The number of alkyl halides is 1. The lowest BCUT2D eigenvalue weighted by atomic mass is 10.1. The van der Waals surface area contributed by atoms with Crippen LogP contribution in [0.15, 0.2) is 24.3 Å². The Bertz CT molecular complexity index is 293. The topological polar surface area (TPSA) is 9.23 Å². The third-order valence-electron chi connectivity index (χ3n) is 2.48. The minimum atomic E-state index is -0.232. The number of benzene rings is 1. The summed E-state index contributed by atoms with van der Waals surface area (Å²) >= 11 is 6.22. The van der Waals surface area contributed by atoms with Gasteiger partial charge in [-0.25, -0.2) is 4.39 Å². The van der Waals surface area contributed by atoms with E-state index >= 15 is 0 Å². The van der Waals surface area contributed by atoms with E-state index in [1.165, 1.54) is 12.1 Å². The molecule has 1 nitrogen and oxygen atoms in total. The smallest absolute Gasteiger partial charge is 0.123 e. The minimum absolute atomic E-state index is 0.0853. The van der Waals surface area contributed by atoms with Gasteiger partial charge in [0.25, 0.3) is 0 Å². The van der Waals surface area contributed by atoms with Gasteiger partial charge < -0.3 is 4.74 Å². The van der Waals surface area contributed by atoms with Crippen molar-refractivity contribution in [1.82, 2.24) is 0 Å². The van der Waals surface area contributed by atoms with Crippen molar-refractivity contribution < 1.29 is 9.13 Å². The molecule has 0 bridgehead atoms. The Hall–Kier alpha value is -0.600. The van der Waals surface area contributed by atoms with Crippen LogP contribution in [-0.2, 0) is 4.74 Å². The lowest BCUT2D eigenvalue weighted by Gasteiger charge is -2.16. The molecule has 3 heteroatoms. The van der Waals surface area contributed by atoms with Gasteiger partial charge in [-0.05, 0) is 30.5 Å². The molecule has 0 spiro atoms. The largest absolute Gasteiger partial charge is 0.376 e. The summed E-state index contributed by atoms with van der Waals surface area (Å²) in [7, 11) is 0. The van der Waals surface area contributed by atoms with E-state index in [0.29, 0.717) is 0 Å². The van der Waals surface area contributed by atoms with Crippen LogP contribution in [0.3, 0.4) is 0 Å².